The highest BCUT2D eigenvalue weighted by Gasteiger charge is 2.69. The summed E-state index contributed by atoms with van der Waals surface area (Å²) in [4.78, 5) is 0. The lowest BCUT2D eigenvalue weighted by molar-refractivity contribution is -0.395. The van der Waals surface area contributed by atoms with E-state index in [4.69, 9.17) is 56.8 Å². The number of fused-ring (bicyclic) bond motifs is 7. The van der Waals surface area contributed by atoms with E-state index in [9.17, 15) is 76.6 Å². The van der Waals surface area contributed by atoms with Crippen molar-refractivity contribution in [1.29, 1.82) is 0 Å². The maximum absolute atomic E-state index is 12.4. The van der Waals surface area contributed by atoms with Crippen LogP contribution in [0.3, 0.4) is 0 Å². The van der Waals surface area contributed by atoms with Crippen LogP contribution in [0.4, 0.5) is 0 Å². The molecule has 0 aromatic heterocycles. The van der Waals surface area contributed by atoms with Crippen LogP contribution < -0.4 is 0 Å². The van der Waals surface area contributed by atoms with Gasteiger partial charge in [0.1, 0.15) is 110 Å². The number of ether oxygens (including phenoxy) is 12. The number of rotatable bonds is 18. The molecule has 27 nitrogen and oxygen atoms in total. The molecule has 6 aliphatic heterocycles. The van der Waals surface area contributed by atoms with Gasteiger partial charge in [-0.15, -0.1) is 0 Å². The van der Waals surface area contributed by atoms with Crippen LogP contribution >= 0.6 is 0 Å². The molecule has 4 aliphatic carbocycles. The molecule has 0 bridgehead atoms. The van der Waals surface area contributed by atoms with Gasteiger partial charge < -0.3 is 133 Å². The van der Waals surface area contributed by atoms with E-state index in [0.29, 0.717) is 43.4 Å². The SMILES string of the molecule is CO[C@]1(CC[C@@H](C)CO[C@@H]2O[C@H](CO)[C@@H](O)[C@H](O)[C@H]2O)O[C@H]2C[C@H]3[C@@H]4CCC5C[C@@H](O[C@@H]6O[C@H](CO)[C@H](O[C@@H]7O[C@H](CO)[C@@H](O)[C@H](O[C@@H]8OC[C@@H](O)[C@H](O)[C@H]8O)[C@H]7O)[C@H](O)[C@H]6O[C@@H]6O[C@@H](C)[C@H](O)[C@@H](O)[C@H]6O)CC[C@]5(C)[C@H]4CC[C@]3(C)[C@H]2[C@@H]1C. The van der Waals surface area contributed by atoms with Gasteiger partial charge >= 0.3 is 0 Å². The first-order chi connectivity index (χ1) is 39.8. The van der Waals surface area contributed by atoms with Crippen molar-refractivity contribution in [3.63, 3.8) is 0 Å². The Labute approximate surface area is 488 Å². The molecule has 36 atom stereocenters. The fourth-order valence-electron chi connectivity index (χ4n) is 17.1. The van der Waals surface area contributed by atoms with E-state index in [-0.39, 0.29) is 47.2 Å². The second-order valence-corrected chi connectivity index (χ2v) is 26.8. The van der Waals surface area contributed by atoms with Crippen LogP contribution in [0.2, 0.25) is 0 Å². The second kappa shape index (κ2) is 26.3. The third-order valence-electron chi connectivity index (χ3n) is 22.1. The number of aliphatic hydroxyl groups excluding tert-OH is 15. The van der Waals surface area contributed by atoms with Gasteiger partial charge in [0.2, 0.25) is 0 Å². The summed E-state index contributed by atoms with van der Waals surface area (Å²) in [7, 11) is 1.71. The Morgan fingerprint density at radius 2 is 1.14 bits per heavy atom. The van der Waals surface area contributed by atoms with E-state index in [0.717, 1.165) is 38.5 Å². The highest BCUT2D eigenvalue weighted by molar-refractivity contribution is 5.15. The Morgan fingerprint density at radius 1 is 0.536 bits per heavy atom. The predicted molar refractivity (Wildman–Crippen MR) is 282 cm³/mol. The molecular weight excluding hydrogens is 1120 g/mol. The van der Waals surface area contributed by atoms with Crippen molar-refractivity contribution < 1.29 is 133 Å². The fourth-order valence-corrected chi connectivity index (χ4v) is 17.1. The summed E-state index contributed by atoms with van der Waals surface area (Å²) < 4.78 is 73.2. The largest absolute Gasteiger partial charge is 0.394 e. The van der Waals surface area contributed by atoms with Crippen molar-refractivity contribution in [3.8, 4) is 0 Å². The third kappa shape index (κ3) is 12.0. The molecule has 10 aliphatic rings. The number of methoxy groups -OCH3 is 1. The lowest BCUT2D eigenvalue weighted by Crippen LogP contribution is -2.67. The van der Waals surface area contributed by atoms with Gasteiger partial charge in [0.05, 0.1) is 51.3 Å². The first-order valence-electron chi connectivity index (χ1n) is 30.5. The average molecular weight is 1210 g/mol. The molecular formula is C57H96O27. The van der Waals surface area contributed by atoms with Crippen molar-refractivity contribution in [1.82, 2.24) is 0 Å². The first kappa shape index (κ1) is 65.9. The van der Waals surface area contributed by atoms with Gasteiger partial charge in [-0.2, -0.15) is 0 Å². The minimum absolute atomic E-state index is 0.00905. The maximum atomic E-state index is 12.4. The molecule has 10 rings (SSSR count). The van der Waals surface area contributed by atoms with Gasteiger partial charge in [-0.05, 0) is 111 Å². The summed E-state index contributed by atoms with van der Waals surface area (Å²) in [5.74, 6) is 1.11. The van der Waals surface area contributed by atoms with Crippen LogP contribution in [0.15, 0.2) is 0 Å². The molecule has 10 fully saturated rings. The number of hydrogen-bond donors (Lipinski definition) is 15. The second-order valence-electron chi connectivity index (χ2n) is 26.8. The lowest BCUT2D eigenvalue weighted by atomic mass is 9.44. The Bertz CT molecular complexity index is 2140. The average Bonchev–Trinajstić information content (AvgIpc) is 1.56. The van der Waals surface area contributed by atoms with Crippen molar-refractivity contribution in [3.05, 3.63) is 0 Å². The number of hydrogen-bond acceptors (Lipinski definition) is 27. The maximum Gasteiger partial charge on any atom is 0.187 e. The number of aliphatic hydroxyl groups is 15. The van der Waals surface area contributed by atoms with Gasteiger partial charge in [0.15, 0.2) is 37.2 Å². The quantitative estimate of drug-likeness (QED) is 0.0585. The minimum Gasteiger partial charge on any atom is -0.394 e. The zero-order valence-corrected chi connectivity index (χ0v) is 48.8. The zero-order chi connectivity index (χ0) is 60.6. The van der Waals surface area contributed by atoms with E-state index in [1.807, 2.05) is 6.92 Å². The van der Waals surface area contributed by atoms with E-state index >= 15 is 0 Å². The molecule has 0 spiro atoms. The van der Waals surface area contributed by atoms with E-state index in [1.165, 1.54) is 6.92 Å². The predicted octanol–water partition coefficient (Wildman–Crippen LogP) is -3.81. The summed E-state index contributed by atoms with van der Waals surface area (Å²) in [6.45, 7) is 8.17. The lowest BCUT2D eigenvalue weighted by Gasteiger charge is -2.61. The van der Waals surface area contributed by atoms with Gasteiger partial charge in [0.25, 0.3) is 0 Å². The van der Waals surface area contributed by atoms with Gasteiger partial charge in [0, 0.05) is 19.4 Å². The highest BCUT2D eigenvalue weighted by atomic mass is 16.8. The molecule has 6 saturated heterocycles. The molecule has 0 radical (unpaired) electrons. The van der Waals surface area contributed by atoms with Crippen LogP contribution in [0.5, 0.6) is 0 Å². The smallest absolute Gasteiger partial charge is 0.187 e. The summed E-state index contributed by atoms with van der Waals surface area (Å²) in [6.07, 6.45) is -30.0. The molecule has 84 heavy (non-hydrogen) atoms. The standard InChI is InChI=1S/C57H96O27/c1-22(20-74-50-43(69)41(67)38(64)32(17-58)78-50)9-14-57(73-6)23(2)35-31(84-57)16-29-27-8-7-25-15-26(10-12-55(25,4)28(27)11-13-56(29,35)5)77-54-49(83-52-44(70)40(66)36(62)24(3)76-52)45(71)47(34(19-60)80-54)81-53-46(72)48(39(65)33(18-59)79-53)82-51-42(68)37(63)30(61)21-75-51/h22-54,58-72H,7-21H2,1-6H3/t22-,23+,24+,25?,26+,27-,28+,29+,30-,31+,32-,33-,34-,35+,36+,37+,38-,39-,40-,41+,42-,43-,44-,45+,46-,47+,48+,49-,50-,51+,52+,53+,54-,55+,56+,57-/m1/s1. The normalized spacial score (nSPS) is 55.4. The van der Waals surface area contributed by atoms with Gasteiger partial charge in [-0.1, -0.05) is 27.7 Å². The molecule has 0 amide bonds. The van der Waals surface area contributed by atoms with Gasteiger partial charge in [-0.3, -0.25) is 0 Å². The molecule has 6 heterocycles. The van der Waals surface area contributed by atoms with Gasteiger partial charge in [-0.25, -0.2) is 0 Å². The summed E-state index contributed by atoms with van der Waals surface area (Å²) in [6, 6.07) is 0. The van der Waals surface area contributed by atoms with E-state index in [2.05, 4.69) is 20.8 Å². The first-order valence-corrected chi connectivity index (χ1v) is 30.5. The van der Waals surface area contributed by atoms with Crippen LogP contribution in [0, 0.1) is 52.3 Å². The van der Waals surface area contributed by atoms with Crippen molar-refractivity contribution in [2.24, 2.45) is 52.3 Å². The van der Waals surface area contributed by atoms with Crippen LogP contribution in [0.1, 0.15) is 98.8 Å². The van der Waals surface area contributed by atoms with Crippen LogP contribution in [-0.4, -0.2) is 282 Å². The van der Waals surface area contributed by atoms with E-state index in [1.54, 1.807) is 7.11 Å². The molecule has 1 unspecified atom stereocenters. The van der Waals surface area contributed by atoms with E-state index < -0.39 is 186 Å². The molecule has 27 heteroatoms. The third-order valence-corrected chi connectivity index (χ3v) is 22.1. The van der Waals surface area contributed by atoms with Crippen molar-refractivity contribution in [2.45, 2.75) is 264 Å². The Hall–Kier alpha value is -1.08. The Morgan fingerprint density at radius 3 is 1.85 bits per heavy atom. The molecule has 486 valence electrons. The molecule has 4 saturated carbocycles. The molecule has 0 aromatic carbocycles. The Kier molecular flexibility index (Phi) is 20.6. The van der Waals surface area contributed by atoms with Crippen molar-refractivity contribution in [2.75, 3.05) is 40.1 Å². The molecule has 0 aromatic rings. The van der Waals surface area contributed by atoms with Crippen LogP contribution in [0.25, 0.3) is 0 Å². The topological polar surface area (TPSA) is 414 Å². The Balaban J connectivity index is 0.792. The summed E-state index contributed by atoms with van der Waals surface area (Å²) >= 11 is 0. The molecule has 15 N–H and O–H groups in total. The van der Waals surface area contributed by atoms with Crippen LogP contribution in [-0.2, 0) is 56.8 Å². The minimum atomic E-state index is -1.95. The summed E-state index contributed by atoms with van der Waals surface area (Å²) in [5, 5.41) is 160. The fraction of sp³-hybridized carbons (Fsp3) is 1.00. The monoisotopic (exact) mass is 1210 g/mol. The highest BCUT2D eigenvalue weighted by Crippen LogP contribution is 2.71. The zero-order valence-electron chi connectivity index (χ0n) is 48.8. The summed E-state index contributed by atoms with van der Waals surface area (Å²) in [5.41, 5.74) is -0.0270. The van der Waals surface area contributed by atoms with Crippen molar-refractivity contribution >= 4 is 0 Å².